The van der Waals surface area contributed by atoms with Crippen LogP contribution in [0.1, 0.15) is 11.1 Å². The lowest BCUT2D eigenvalue weighted by Crippen LogP contribution is -2.52. The van der Waals surface area contributed by atoms with Crippen molar-refractivity contribution in [3.8, 4) is 0 Å². The third-order valence-electron chi connectivity index (χ3n) is 3.21. The van der Waals surface area contributed by atoms with Crippen LogP contribution in [0.3, 0.4) is 0 Å². The average molecular weight is 248 g/mol. The van der Waals surface area contributed by atoms with Crippen LogP contribution in [0.5, 0.6) is 0 Å². The first-order valence-corrected chi connectivity index (χ1v) is 6.28. The Hall–Kier alpha value is -1.39. The molecule has 98 valence electrons. The zero-order valence-electron chi connectivity index (χ0n) is 11.0. The van der Waals surface area contributed by atoms with E-state index in [4.69, 9.17) is 4.74 Å². The van der Waals surface area contributed by atoms with Crippen molar-refractivity contribution >= 4 is 5.91 Å². The summed E-state index contributed by atoms with van der Waals surface area (Å²) in [6.45, 7) is 4.30. The minimum atomic E-state index is 0.0714. The second-order valence-electron chi connectivity index (χ2n) is 4.73. The molecule has 0 aromatic heterocycles. The molecular formula is C14H20N2O2. The highest BCUT2D eigenvalue weighted by molar-refractivity contribution is 5.78. The average Bonchev–Trinajstić information content (AvgIpc) is 2.36. The molecule has 4 nitrogen and oxygen atoms in total. The van der Waals surface area contributed by atoms with Gasteiger partial charge in [0.2, 0.25) is 5.91 Å². The molecule has 1 aromatic carbocycles. The maximum atomic E-state index is 11.9. The fourth-order valence-corrected chi connectivity index (χ4v) is 2.17. The van der Waals surface area contributed by atoms with Crippen molar-refractivity contribution < 1.29 is 9.53 Å². The van der Waals surface area contributed by atoms with E-state index in [-0.39, 0.29) is 18.6 Å². The van der Waals surface area contributed by atoms with E-state index in [1.54, 1.807) is 0 Å². The number of likely N-dealkylation sites (N-methyl/N-ethyl adjacent to an activating group) is 1. The molecule has 0 saturated carbocycles. The highest BCUT2D eigenvalue weighted by Crippen LogP contribution is 2.13. The Morgan fingerprint density at radius 3 is 2.78 bits per heavy atom. The minimum absolute atomic E-state index is 0.0714. The predicted octanol–water partition coefficient (Wildman–Crippen LogP) is 0.942. The summed E-state index contributed by atoms with van der Waals surface area (Å²) in [5, 5.41) is 3.11. The highest BCUT2D eigenvalue weighted by atomic mass is 16.5. The zero-order valence-corrected chi connectivity index (χ0v) is 11.0. The van der Waals surface area contributed by atoms with E-state index >= 15 is 0 Å². The first kappa shape index (κ1) is 13.1. The van der Waals surface area contributed by atoms with Crippen molar-refractivity contribution in [2.75, 3.05) is 26.8 Å². The monoisotopic (exact) mass is 248 g/mol. The summed E-state index contributed by atoms with van der Waals surface area (Å²) in [4.78, 5) is 13.8. The molecule has 0 radical (unpaired) electrons. The Kier molecular flexibility index (Phi) is 4.33. The molecule has 1 aliphatic heterocycles. The molecule has 1 unspecified atom stereocenters. The van der Waals surface area contributed by atoms with Gasteiger partial charge in [-0.05, 0) is 19.5 Å². The molecule has 1 heterocycles. The van der Waals surface area contributed by atoms with Gasteiger partial charge in [-0.15, -0.1) is 0 Å². The summed E-state index contributed by atoms with van der Waals surface area (Å²) in [7, 11) is 1.89. The molecule has 1 aromatic rings. The summed E-state index contributed by atoms with van der Waals surface area (Å²) in [5.74, 6) is 0.0714. The number of hydrogen-bond acceptors (Lipinski definition) is 3. The summed E-state index contributed by atoms with van der Waals surface area (Å²) in [6.07, 6.45) is 0. The number of nitrogens with zero attached hydrogens (tertiary/aromatic N) is 1. The SMILES string of the molecule is CNCC1COCC(=O)N1Cc1ccc(C)cc1. The van der Waals surface area contributed by atoms with E-state index in [1.807, 2.05) is 11.9 Å². The molecule has 0 spiro atoms. The normalized spacial score (nSPS) is 20.2. The summed E-state index contributed by atoms with van der Waals surface area (Å²) in [6, 6.07) is 8.43. The zero-order chi connectivity index (χ0) is 13.0. The number of carbonyl (C=O) groups is 1. The topological polar surface area (TPSA) is 41.6 Å². The van der Waals surface area contributed by atoms with Crippen molar-refractivity contribution in [1.29, 1.82) is 0 Å². The Balaban J connectivity index is 2.08. The van der Waals surface area contributed by atoms with Gasteiger partial charge in [-0.1, -0.05) is 29.8 Å². The van der Waals surface area contributed by atoms with E-state index in [1.165, 1.54) is 5.56 Å². The van der Waals surface area contributed by atoms with Gasteiger partial charge >= 0.3 is 0 Å². The van der Waals surface area contributed by atoms with Gasteiger partial charge in [-0.2, -0.15) is 0 Å². The van der Waals surface area contributed by atoms with Gasteiger partial charge in [0.15, 0.2) is 0 Å². The first-order chi connectivity index (χ1) is 8.70. The number of benzene rings is 1. The highest BCUT2D eigenvalue weighted by Gasteiger charge is 2.27. The standard InChI is InChI=1S/C14H20N2O2/c1-11-3-5-12(6-4-11)8-16-13(7-15-2)9-18-10-14(16)17/h3-6,13,15H,7-10H2,1-2H3. The van der Waals surface area contributed by atoms with Crippen LogP contribution in [0.15, 0.2) is 24.3 Å². The van der Waals surface area contributed by atoms with Gasteiger partial charge in [0.1, 0.15) is 6.61 Å². The number of morpholine rings is 1. The first-order valence-electron chi connectivity index (χ1n) is 6.28. The molecule has 1 atom stereocenters. The second kappa shape index (κ2) is 5.98. The molecule has 2 rings (SSSR count). The lowest BCUT2D eigenvalue weighted by molar-refractivity contribution is -0.148. The quantitative estimate of drug-likeness (QED) is 0.862. The molecule has 1 N–H and O–H groups in total. The molecular weight excluding hydrogens is 228 g/mol. The fourth-order valence-electron chi connectivity index (χ4n) is 2.17. The number of hydrogen-bond donors (Lipinski definition) is 1. The minimum Gasteiger partial charge on any atom is -0.369 e. The lowest BCUT2D eigenvalue weighted by atomic mass is 10.1. The fraction of sp³-hybridized carbons (Fsp3) is 0.500. The van der Waals surface area contributed by atoms with Crippen LogP contribution >= 0.6 is 0 Å². The Morgan fingerprint density at radius 2 is 2.11 bits per heavy atom. The Labute approximate surface area is 108 Å². The number of nitrogens with one attached hydrogen (secondary N) is 1. The Bertz CT molecular complexity index is 401. The van der Waals surface area contributed by atoms with Gasteiger partial charge in [0.25, 0.3) is 0 Å². The number of aryl methyl sites for hydroxylation is 1. The Morgan fingerprint density at radius 1 is 1.39 bits per heavy atom. The van der Waals surface area contributed by atoms with E-state index in [0.29, 0.717) is 13.2 Å². The van der Waals surface area contributed by atoms with Crippen molar-refractivity contribution in [2.45, 2.75) is 19.5 Å². The van der Waals surface area contributed by atoms with Crippen LogP contribution < -0.4 is 5.32 Å². The van der Waals surface area contributed by atoms with Gasteiger partial charge in [0, 0.05) is 13.1 Å². The molecule has 0 aliphatic carbocycles. The molecule has 1 fully saturated rings. The molecule has 1 saturated heterocycles. The van der Waals surface area contributed by atoms with Crippen LogP contribution in [0.25, 0.3) is 0 Å². The van der Waals surface area contributed by atoms with Gasteiger partial charge in [-0.25, -0.2) is 0 Å². The van der Waals surface area contributed by atoms with Crippen molar-refractivity contribution in [3.63, 3.8) is 0 Å². The third kappa shape index (κ3) is 3.09. The summed E-state index contributed by atoms with van der Waals surface area (Å²) in [5.41, 5.74) is 2.40. The van der Waals surface area contributed by atoms with Crippen LogP contribution in [0.4, 0.5) is 0 Å². The molecule has 0 bridgehead atoms. The number of carbonyl (C=O) groups excluding carboxylic acids is 1. The van der Waals surface area contributed by atoms with E-state index in [0.717, 1.165) is 12.1 Å². The van der Waals surface area contributed by atoms with Crippen molar-refractivity contribution in [2.24, 2.45) is 0 Å². The molecule has 1 aliphatic rings. The smallest absolute Gasteiger partial charge is 0.249 e. The van der Waals surface area contributed by atoms with Gasteiger partial charge in [0.05, 0.1) is 12.6 Å². The summed E-state index contributed by atoms with van der Waals surface area (Å²) >= 11 is 0. The van der Waals surface area contributed by atoms with Crippen LogP contribution in [0.2, 0.25) is 0 Å². The third-order valence-corrected chi connectivity index (χ3v) is 3.21. The van der Waals surface area contributed by atoms with Gasteiger partial charge in [-0.3, -0.25) is 4.79 Å². The molecule has 1 amide bonds. The second-order valence-corrected chi connectivity index (χ2v) is 4.73. The summed E-state index contributed by atoms with van der Waals surface area (Å²) < 4.78 is 5.30. The van der Waals surface area contributed by atoms with Crippen LogP contribution in [-0.2, 0) is 16.1 Å². The molecule has 4 heteroatoms. The maximum Gasteiger partial charge on any atom is 0.249 e. The van der Waals surface area contributed by atoms with Crippen molar-refractivity contribution in [3.05, 3.63) is 35.4 Å². The largest absolute Gasteiger partial charge is 0.369 e. The van der Waals surface area contributed by atoms with E-state index in [9.17, 15) is 4.79 Å². The van der Waals surface area contributed by atoms with E-state index < -0.39 is 0 Å². The van der Waals surface area contributed by atoms with Crippen molar-refractivity contribution in [1.82, 2.24) is 10.2 Å². The van der Waals surface area contributed by atoms with Gasteiger partial charge < -0.3 is 15.0 Å². The lowest BCUT2D eigenvalue weighted by Gasteiger charge is -2.35. The van der Waals surface area contributed by atoms with Crippen LogP contribution in [0, 0.1) is 6.92 Å². The number of rotatable bonds is 4. The van der Waals surface area contributed by atoms with Crippen LogP contribution in [-0.4, -0.2) is 43.7 Å². The maximum absolute atomic E-state index is 11.9. The number of ether oxygens (including phenoxy) is 1. The van der Waals surface area contributed by atoms with E-state index in [2.05, 4.69) is 36.5 Å². The molecule has 18 heavy (non-hydrogen) atoms. The predicted molar refractivity (Wildman–Crippen MR) is 70.3 cm³/mol. The number of amides is 1.